The van der Waals surface area contributed by atoms with E-state index in [1.54, 1.807) is 11.8 Å². The van der Waals surface area contributed by atoms with Gasteiger partial charge in [0.2, 0.25) is 0 Å². The summed E-state index contributed by atoms with van der Waals surface area (Å²) in [5.74, 6) is 1.99. The zero-order valence-corrected chi connectivity index (χ0v) is 16.0. The largest absolute Gasteiger partial charge is 0.493 e. The van der Waals surface area contributed by atoms with Crippen molar-refractivity contribution in [1.82, 2.24) is 14.8 Å². The van der Waals surface area contributed by atoms with Crippen LogP contribution < -0.4 is 9.47 Å². The van der Waals surface area contributed by atoms with Gasteiger partial charge in [-0.3, -0.25) is 0 Å². The van der Waals surface area contributed by atoms with Crippen molar-refractivity contribution in [3.05, 3.63) is 89.7 Å². The Morgan fingerprint density at radius 2 is 1.79 bits per heavy atom. The zero-order valence-electron chi connectivity index (χ0n) is 15.2. The minimum atomic E-state index is 0.468. The Hall–Kier alpha value is -3.31. The predicted molar refractivity (Wildman–Crippen MR) is 109 cm³/mol. The van der Waals surface area contributed by atoms with Gasteiger partial charge in [0.05, 0.1) is 12.8 Å². The second kappa shape index (κ2) is 8.15. The fourth-order valence-corrected chi connectivity index (χ4v) is 3.08. The summed E-state index contributed by atoms with van der Waals surface area (Å²) in [6.07, 6.45) is 1.52. The first-order valence-corrected chi connectivity index (χ1v) is 9.13. The quantitative estimate of drug-likeness (QED) is 0.454. The van der Waals surface area contributed by atoms with Crippen LogP contribution in [0.2, 0.25) is 5.02 Å². The zero-order chi connectivity index (χ0) is 19.3. The van der Waals surface area contributed by atoms with Gasteiger partial charge in [-0.05, 0) is 42.0 Å². The molecule has 1 aromatic heterocycles. The second-order valence-electron chi connectivity index (χ2n) is 6.12. The van der Waals surface area contributed by atoms with E-state index in [9.17, 15) is 0 Å². The number of rotatable bonds is 6. The van der Waals surface area contributed by atoms with E-state index in [4.69, 9.17) is 21.1 Å². The molecule has 0 fully saturated rings. The van der Waals surface area contributed by atoms with Gasteiger partial charge in [0.1, 0.15) is 12.9 Å². The number of ether oxygens (including phenoxy) is 2. The highest BCUT2D eigenvalue weighted by molar-refractivity contribution is 6.30. The van der Waals surface area contributed by atoms with Crippen molar-refractivity contribution in [2.75, 3.05) is 7.11 Å². The fourth-order valence-electron chi connectivity index (χ4n) is 2.90. The number of halogens is 1. The summed E-state index contributed by atoms with van der Waals surface area (Å²) in [5, 5.41) is 4.97. The van der Waals surface area contributed by atoms with E-state index in [2.05, 4.69) is 10.1 Å². The van der Waals surface area contributed by atoms with Crippen molar-refractivity contribution in [2.24, 2.45) is 0 Å². The maximum absolute atomic E-state index is 6.12. The van der Waals surface area contributed by atoms with Crippen molar-refractivity contribution in [1.29, 1.82) is 0 Å². The average molecular weight is 392 g/mol. The van der Waals surface area contributed by atoms with Crippen LogP contribution in [0.3, 0.4) is 0 Å². The molecule has 4 aromatic rings. The molecule has 0 saturated heterocycles. The molecule has 140 valence electrons. The first-order chi connectivity index (χ1) is 13.7. The van der Waals surface area contributed by atoms with Crippen LogP contribution in [0.4, 0.5) is 0 Å². The van der Waals surface area contributed by atoms with Gasteiger partial charge < -0.3 is 9.47 Å². The third-order valence-electron chi connectivity index (χ3n) is 4.26. The van der Waals surface area contributed by atoms with Gasteiger partial charge in [-0.2, -0.15) is 5.10 Å². The molecule has 0 aliphatic heterocycles. The smallest absolute Gasteiger partial charge is 0.163 e. The Labute approximate surface area is 168 Å². The lowest BCUT2D eigenvalue weighted by Crippen LogP contribution is -2.01. The summed E-state index contributed by atoms with van der Waals surface area (Å²) in [7, 11) is 1.62. The van der Waals surface area contributed by atoms with Gasteiger partial charge >= 0.3 is 0 Å². The number of hydrogen-bond acceptors (Lipinski definition) is 4. The maximum atomic E-state index is 6.12. The highest BCUT2D eigenvalue weighted by Gasteiger charge is 2.13. The van der Waals surface area contributed by atoms with E-state index in [1.165, 1.54) is 6.33 Å². The Morgan fingerprint density at radius 1 is 0.929 bits per heavy atom. The minimum Gasteiger partial charge on any atom is -0.493 e. The first kappa shape index (κ1) is 18.1. The lowest BCUT2D eigenvalue weighted by molar-refractivity contribution is 0.284. The summed E-state index contributed by atoms with van der Waals surface area (Å²) in [5.41, 5.74) is 2.79. The van der Waals surface area contributed by atoms with Crippen molar-refractivity contribution in [3.8, 4) is 28.6 Å². The number of hydrogen-bond donors (Lipinski definition) is 0. The lowest BCUT2D eigenvalue weighted by Gasteiger charge is -2.13. The summed E-state index contributed by atoms with van der Waals surface area (Å²) in [6, 6.07) is 23.2. The van der Waals surface area contributed by atoms with Crippen LogP contribution in [0.25, 0.3) is 17.1 Å². The van der Waals surface area contributed by atoms with E-state index in [0.29, 0.717) is 29.0 Å². The summed E-state index contributed by atoms with van der Waals surface area (Å²) in [4.78, 5) is 4.40. The predicted octanol–water partition coefficient (Wildman–Crippen LogP) is 5.18. The Morgan fingerprint density at radius 3 is 2.57 bits per heavy atom. The molecule has 1 heterocycles. The Balaban J connectivity index is 1.63. The molecule has 0 atom stereocenters. The van der Waals surface area contributed by atoms with E-state index >= 15 is 0 Å². The number of benzene rings is 3. The van der Waals surface area contributed by atoms with Gasteiger partial charge in [-0.1, -0.05) is 48.0 Å². The molecule has 0 spiro atoms. The fraction of sp³-hybridized carbons (Fsp3) is 0.0909. The highest BCUT2D eigenvalue weighted by Crippen LogP contribution is 2.33. The van der Waals surface area contributed by atoms with Crippen molar-refractivity contribution < 1.29 is 9.47 Å². The second-order valence-corrected chi connectivity index (χ2v) is 6.55. The van der Waals surface area contributed by atoms with E-state index in [-0.39, 0.29) is 0 Å². The Kier molecular flexibility index (Phi) is 5.26. The Bertz CT molecular complexity index is 1080. The topological polar surface area (TPSA) is 49.2 Å². The molecule has 4 rings (SSSR count). The van der Waals surface area contributed by atoms with Crippen LogP contribution in [0.15, 0.2) is 79.1 Å². The number of methoxy groups -OCH3 is 1. The van der Waals surface area contributed by atoms with Crippen LogP contribution in [-0.4, -0.2) is 21.9 Å². The molecule has 6 heteroatoms. The monoisotopic (exact) mass is 391 g/mol. The molecular formula is C22H18ClN3O2. The average Bonchev–Trinajstić information content (AvgIpc) is 3.23. The number of nitrogens with zero attached hydrogens (tertiary/aromatic N) is 3. The lowest BCUT2D eigenvalue weighted by atomic mass is 10.1. The van der Waals surface area contributed by atoms with Gasteiger partial charge in [0, 0.05) is 10.6 Å². The molecule has 0 aliphatic carbocycles. The SMILES string of the molecule is COc1cc(-c2ncnn2-c2cccc(Cl)c2)ccc1OCc1ccccc1. The van der Waals surface area contributed by atoms with Crippen LogP contribution in [0.1, 0.15) is 5.56 Å². The molecule has 0 aliphatic rings. The van der Waals surface area contributed by atoms with Crippen LogP contribution in [-0.2, 0) is 6.61 Å². The highest BCUT2D eigenvalue weighted by atomic mass is 35.5. The molecular weight excluding hydrogens is 374 g/mol. The van der Waals surface area contributed by atoms with Crippen molar-refractivity contribution in [2.45, 2.75) is 6.61 Å². The molecule has 0 bridgehead atoms. The minimum absolute atomic E-state index is 0.468. The molecule has 0 radical (unpaired) electrons. The first-order valence-electron chi connectivity index (χ1n) is 8.76. The maximum Gasteiger partial charge on any atom is 0.163 e. The van der Waals surface area contributed by atoms with Crippen LogP contribution in [0, 0.1) is 0 Å². The summed E-state index contributed by atoms with van der Waals surface area (Å²) in [6.45, 7) is 0.468. The molecule has 0 N–H and O–H groups in total. The van der Waals surface area contributed by atoms with E-state index in [0.717, 1.165) is 16.8 Å². The van der Waals surface area contributed by atoms with Gasteiger partial charge in [0.25, 0.3) is 0 Å². The molecule has 3 aromatic carbocycles. The van der Waals surface area contributed by atoms with E-state index < -0.39 is 0 Å². The molecule has 0 amide bonds. The van der Waals surface area contributed by atoms with Crippen molar-refractivity contribution >= 4 is 11.6 Å². The molecule has 5 nitrogen and oxygen atoms in total. The van der Waals surface area contributed by atoms with Gasteiger partial charge in [0.15, 0.2) is 17.3 Å². The van der Waals surface area contributed by atoms with Crippen LogP contribution >= 0.6 is 11.6 Å². The normalized spacial score (nSPS) is 10.6. The third kappa shape index (κ3) is 3.85. The van der Waals surface area contributed by atoms with Gasteiger partial charge in [-0.25, -0.2) is 9.67 Å². The molecule has 0 saturated carbocycles. The van der Waals surface area contributed by atoms with Crippen molar-refractivity contribution in [3.63, 3.8) is 0 Å². The number of aromatic nitrogens is 3. The summed E-state index contributed by atoms with van der Waals surface area (Å²) >= 11 is 6.12. The van der Waals surface area contributed by atoms with Gasteiger partial charge in [-0.15, -0.1) is 0 Å². The third-order valence-corrected chi connectivity index (χ3v) is 4.49. The summed E-state index contributed by atoms with van der Waals surface area (Å²) < 4.78 is 13.2. The standard InChI is InChI=1S/C22H18ClN3O2/c1-27-21-12-17(10-11-20(21)28-14-16-6-3-2-4-7-16)22-24-15-25-26(22)19-9-5-8-18(23)13-19/h2-13,15H,14H2,1H3. The molecule has 28 heavy (non-hydrogen) atoms. The van der Waals surface area contributed by atoms with E-state index in [1.807, 2.05) is 72.8 Å². The molecule has 0 unspecified atom stereocenters. The van der Waals surface area contributed by atoms with Crippen LogP contribution in [0.5, 0.6) is 11.5 Å².